The van der Waals surface area contributed by atoms with Crippen LogP contribution in [0.5, 0.6) is 0 Å². The maximum atomic E-state index is 12.9. The maximum absolute atomic E-state index is 12.9. The summed E-state index contributed by atoms with van der Waals surface area (Å²) in [5.41, 5.74) is 0.824. The molecule has 2 aromatic rings. The fraction of sp³-hybridized carbons (Fsp3) is 0.375. The summed E-state index contributed by atoms with van der Waals surface area (Å²) in [5, 5.41) is 3.25. The van der Waals surface area contributed by atoms with Gasteiger partial charge in [0.15, 0.2) is 0 Å². The van der Waals surface area contributed by atoms with Crippen molar-refractivity contribution in [3.63, 3.8) is 0 Å². The van der Waals surface area contributed by atoms with Gasteiger partial charge in [-0.05, 0) is 49.2 Å². The summed E-state index contributed by atoms with van der Waals surface area (Å²) < 4.78 is 44.0. The van der Waals surface area contributed by atoms with Crippen LogP contribution >= 0.6 is 0 Å². The first-order valence-corrected chi connectivity index (χ1v) is 6.88. The van der Waals surface area contributed by atoms with Crippen LogP contribution < -0.4 is 5.32 Å². The van der Waals surface area contributed by atoms with Gasteiger partial charge in [-0.1, -0.05) is 19.1 Å². The first-order chi connectivity index (χ1) is 9.93. The number of rotatable bonds is 5. The number of nitrogens with one attached hydrogen (secondary N) is 1. The predicted octanol–water partition coefficient (Wildman–Crippen LogP) is 4.70. The number of hydrogen-bond donors (Lipinski definition) is 1. The van der Waals surface area contributed by atoms with Crippen LogP contribution in [0.3, 0.4) is 0 Å². The molecule has 21 heavy (non-hydrogen) atoms. The molecule has 0 radical (unpaired) electrons. The number of furan rings is 1. The molecule has 1 atom stereocenters. The minimum atomic E-state index is -4.34. The van der Waals surface area contributed by atoms with Crippen LogP contribution in [0.1, 0.15) is 41.8 Å². The quantitative estimate of drug-likeness (QED) is 0.865. The van der Waals surface area contributed by atoms with E-state index in [0.29, 0.717) is 17.9 Å². The topological polar surface area (TPSA) is 25.2 Å². The van der Waals surface area contributed by atoms with Gasteiger partial charge in [0.25, 0.3) is 0 Å². The minimum absolute atomic E-state index is 0.373. The van der Waals surface area contributed by atoms with Crippen molar-refractivity contribution in [3.8, 4) is 0 Å². The molecule has 1 aromatic heterocycles. The molecule has 1 aromatic carbocycles. The summed E-state index contributed by atoms with van der Waals surface area (Å²) in [6.45, 7) is 4.58. The fourth-order valence-corrected chi connectivity index (χ4v) is 2.23. The minimum Gasteiger partial charge on any atom is -0.467 e. The Bertz CT molecular complexity index is 589. The highest BCUT2D eigenvalue weighted by atomic mass is 19.4. The lowest BCUT2D eigenvalue weighted by atomic mass is 9.99. The van der Waals surface area contributed by atoms with Crippen LogP contribution in [0.15, 0.2) is 41.0 Å². The summed E-state index contributed by atoms with van der Waals surface area (Å²) in [5.74, 6) is 0.655. The Morgan fingerprint density at radius 1 is 1.24 bits per heavy atom. The average molecular weight is 297 g/mol. The first-order valence-electron chi connectivity index (χ1n) is 6.88. The van der Waals surface area contributed by atoms with E-state index in [1.807, 2.05) is 19.9 Å². The third-order valence-electron chi connectivity index (χ3n) is 3.31. The van der Waals surface area contributed by atoms with Crippen LogP contribution in [-0.2, 0) is 6.18 Å². The van der Waals surface area contributed by atoms with Crippen LogP contribution in [0, 0.1) is 6.92 Å². The molecule has 2 rings (SSSR count). The van der Waals surface area contributed by atoms with Crippen LogP contribution in [0.4, 0.5) is 13.2 Å². The summed E-state index contributed by atoms with van der Waals surface area (Å²) in [6, 6.07) is 6.80. The van der Waals surface area contributed by atoms with Gasteiger partial charge < -0.3 is 9.73 Å². The summed E-state index contributed by atoms with van der Waals surface area (Å²) in [7, 11) is 0. The molecule has 5 heteroatoms. The molecule has 0 bridgehead atoms. The summed E-state index contributed by atoms with van der Waals surface area (Å²) in [6.07, 6.45) is -1.91. The lowest BCUT2D eigenvalue weighted by Gasteiger charge is -2.19. The maximum Gasteiger partial charge on any atom is 0.416 e. The molecule has 1 heterocycles. The molecule has 0 aliphatic rings. The van der Waals surface area contributed by atoms with Gasteiger partial charge in [-0.2, -0.15) is 13.2 Å². The van der Waals surface area contributed by atoms with E-state index in [1.54, 1.807) is 12.3 Å². The van der Waals surface area contributed by atoms with Crippen molar-refractivity contribution in [3.05, 3.63) is 59.0 Å². The smallest absolute Gasteiger partial charge is 0.416 e. The zero-order valence-corrected chi connectivity index (χ0v) is 12.0. The molecule has 0 aliphatic carbocycles. The van der Waals surface area contributed by atoms with E-state index in [0.717, 1.165) is 18.1 Å². The van der Waals surface area contributed by atoms with Crippen molar-refractivity contribution in [2.24, 2.45) is 0 Å². The van der Waals surface area contributed by atoms with Crippen molar-refractivity contribution in [2.75, 3.05) is 6.54 Å². The van der Waals surface area contributed by atoms with Crippen molar-refractivity contribution >= 4 is 0 Å². The van der Waals surface area contributed by atoms with Crippen LogP contribution in [-0.4, -0.2) is 6.54 Å². The van der Waals surface area contributed by atoms with E-state index in [4.69, 9.17) is 4.42 Å². The van der Waals surface area contributed by atoms with Crippen LogP contribution in [0.2, 0.25) is 0 Å². The van der Waals surface area contributed by atoms with Crippen molar-refractivity contribution in [2.45, 2.75) is 32.5 Å². The van der Waals surface area contributed by atoms with Gasteiger partial charge in [0.2, 0.25) is 0 Å². The second-order valence-electron chi connectivity index (χ2n) is 4.98. The molecule has 0 spiro atoms. The SMILES string of the molecule is CCCNC(c1cccc(C(F)(F)F)c1)c1occc1C. The van der Waals surface area contributed by atoms with Gasteiger partial charge >= 0.3 is 6.18 Å². The van der Waals surface area contributed by atoms with Gasteiger partial charge in [0.1, 0.15) is 5.76 Å². The fourth-order valence-electron chi connectivity index (χ4n) is 2.23. The van der Waals surface area contributed by atoms with Crippen molar-refractivity contribution in [1.82, 2.24) is 5.32 Å². The van der Waals surface area contributed by atoms with Crippen LogP contribution in [0.25, 0.3) is 0 Å². The van der Waals surface area contributed by atoms with Gasteiger partial charge in [0.05, 0.1) is 17.9 Å². The predicted molar refractivity (Wildman–Crippen MR) is 75.0 cm³/mol. The van der Waals surface area contributed by atoms with Crippen molar-refractivity contribution in [1.29, 1.82) is 0 Å². The Kier molecular flexibility index (Phi) is 4.73. The molecule has 0 saturated heterocycles. The lowest BCUT2D eigenvalue weighted by molar-refractivity contribution is -0.137. The normalized spacial score (nSPS) is 13.4. The van der Waals surface area contributed by atoms with Crippen molar-refractivity contribution < 1.29 is 17.6 Å². The largest absolute Gasteiger partial charge is 0.467 e. The highest BCUT2D eigenvalue weighted by Gasteiger charge is 2.31. The molecule has 0 aliphatic heterocycles. The molecule has 0 saturated carbocycles. The second kappa shape index (κ2) is 6.35. The Hall–Kier alpha value is -1.75. The number of benzene rings is 1. The second-order valence-corrected chi connectivity index (χ2v) is 4.98. The summed E-state index contributed by atoms with van der Waals surface area (Å²) >= 11 is 0. The molecule has 0 amide bonds. The third kappa shape index (κ3) is 3.67. The number of alkyl halides is 3. The molecular weight excluding hydrogens is 279 g/mol. The third-order valence-corrected chi connectivity index (χ3v) is 3.31. The Labute approximate surface area is 122 Å². The zero-order chi connectivity index (χ0) is 15.5. The Morgan fingerprint density at radius 3 is 2.57 bits per heavy atom. The number of halogens is 3. The molecule has 2 nitrogen and oxygen atoms in total. The van der Waals surface area contributed by atoms with E-state index < -0.39 is 11.7 Å². The van der Waals surface area contributed by atoms with Gasteiger partial charge in [-0.3, -0.25) is 0 Å². The van der Waals surface area contributed by atoms with E-state index in [-0.39, 0.29) is 6.04 Å². The number of aryl methyl sites for hydroxylation is 1. The van der Waals surface area contributed by atoms with Gasteiger partial charge in [-0.15, -0.1) is 0 Å². The first kappa shape index (κ1) is 15.6. The van der Waals surface area contributed by atoms with E-state index in [1.165, 1.54) is 12.1 Å². The van der Waals surface area contributed by atoms with E-state index in [2.05, 4.69) is 5.32 Å². The zero-order valence-electron chi connectivity index (χ0n) is 12.0. The Morgan fingerprint density at radius 2 is 2.00 bits per heavy atom. The molecule has 0 fully saturated rings. The molecule has 114 valence electrons. The lowest BCUT2D eigenvalue weighted by Crippen LogP contribution is -2.23. The average Bonchev–Trinajstić information content (AvgIpc) is 2.85. The molecule has 1 unspecified atom stereocenters. The molecular formula is C16H18F3NO. The Balaban J connectivity index is 2.40. The highest BCUT2D eigenvalue weighted by molar-refractivity contribution is 5.34. The van der Waals surface area contributed by atoms with E-state index >= 15 is 0 Å². The van der Waals surface area contributed by atoms with Gasteiger partial charge in [0, 0.05) is 0 Å². The monoisotopic (exact) mass is 297 g/mol. The summed E-state index contributed by atoms with van der Waals surface area (Å²) in [4.78, 5) is 0. The van der Waals surface area contributed by atoms with E-state index in [9.17, 15) is 13.2 Å². The standard InChI is InChI=1S/C16H18F3NO/c1-3-8-20-14(15-11(2)7-9-21-15)12-5-4-6-13(10-12)16(17,18)19/h4-7,9-10,14,20H,3,8H2,1-2H3. The highest BCUT2D eigenvalue weighted by Crippen LogP contribution is 2.33. The number of hydrogen-bond acceptors (Lipinski definition) is 2. The van der Waals surface area contributed by atoms with Gasteiger partial charge in [-0.25, -0.2) is 0 Å². The molecule has 1 N–H and O–H groups in total.